The van der Waals surface area contributed by atoms with E-state index < -0.39 is 0 Å². The van der Waals surface area contributed by atoms with E-state index in [-0.39, 0.29) is 0 Å². The lowest BCUT2D eigenvalue weighted by molar-refractivity contribution is 0.742. The predicted octanol–water partition coefficient (Wildman–Crippen LogP) is 1.51. The van der Waals surface area contributed by atoms with Crippen molar-refractivity contribution in [2.24, 2.45) is 5.84 Å². The average Bonchev–Trinajstić information content (AvgIpc) is 2.17. The maximum absolute atomic E-state index is 5.27. The van der Waals surface area contributed by atoms with Gasteiger partial charge in [0, 0.05) is 18.1 Å². The van der Waals surface area contributed by atoms with Gasteiger partial charge in [-0.25, -0.2) is 0 Å². The highest BCUT2D eigenvalue weighted by Crippen LogP contribution is 2.14. The summed E-state index contributed by atoms with van der Waals surface area (Å²) in [4.78, 5) is 4.33. The van der Waals surface area contributed by atoms with Crippen LogP contribution < -0.4 is 11.3 Å². The molecule has 0 amide bonds. The summed E-state index contributed by atoms with van der Waals surface area (Å²) in [6.45, 7) is 2.73. The van der Waals surface area contributed by atoms with Crippen molar-refractivity contribution in [3.63, 3.8) is 0 Å². The van der Waals surface area contributed by atoms with E-state index in [1.165, 1.54) is 11.1 Å². The molecule has 0 spiro atoms. The number of aromatic nitrogens is 1. The van der Waals surface area contributed by atoms with Crippen LogP contribution in [0.5, 0.6) is 0 Å². The summed E-state index contributed by atoms with van der Waals surface area (Å²) < 4.78 is 0. The Kier molecular flexibility index (Phi) is 2.43. The third-order valence-electron chi connectivity index (χ3n) is 2.19. The third kappa shape index (κ3) is 1.73. The van der Waals surface area contributed by atoms with Crippen LogP contribution >= 0.6 is 0 Å². The monoisotopic (exact) mass is 187 g/mol. The number of rotatable bonds is 2. The van der Waals surface area contributed by atoms with Crippen molar-refractivity contribution >= 4 is 10.9 Å². The van der Waals surface area contributed by atoms with Crippen LogP contribution in [-0.2, 0) is 6.54 Å². The van der Waals surface area contributed by atoms with E-state index in [4.69, 9.17) is 5.84 Å². The number of hydrogen-bond acceptors (Lipinski definition) is 3. The maximum Gasteiger partial charge on any atom is 0.0702 e. The Morgan fingerprint density at radius 1 is 1.36 bits per heavy atom. The van der Waals surface area contributed by atoms with Crippen LogP contribution in [0.25, 0.3) is 10.9 Å². The number of hydrazine groups is 1. The van der Waals surface area contributed by atoms with Gasteiger partial charge in [-0.1, -0.05) is 6.07 Å². The topological polar surface area (TPSA) is 50.9 Å². The number of hydrogen-bond donors (Lipinski definition) is 2. The molecule has 0 radical (unpaired) electrons. The fourth-order valence-corrected chi connectivity index (χ4v) is 1.52. The molecule has 1 aromatic carbocycles. The van der Waals surface area contributed by atoms with Crippen molar-refractivity contribution in [3.05, 3.63) is 41.6 Å². The summed E-state index contributed by atoms with van der Waals surface area (Å²) in [5.41, 5.74) is 6.02. The van der Waals surface area contributed by atoms with E-state index in [1.54, 1.807) is 0 Å². The summed E-state index contributed by atoms with van der Waals surface area (Å²) in [6.07, 6.45) is 1.88. The lowest BCUT2D eigenvalue weighted by Crippen LogP contribution is -2.20. The van der Waals surface area contributed by atoms with Crippen LogP contribution in [0.3, 0.4) is 0 Å². The minimum absolute atomic E-state index is 0.684. The molecule has 1 heterocycles. The van der Waals surface area contributed by atoms with Crippen molar-refractivity contribution in [2.45, 2.75) is 13.5 Å². The average molecular weight is 187 g/mol. The van der Waals surface area contributed by atoms with Gasteiger partial charge in [-0.05, 0) is 36.2 Å². The van der Waals surface area contributed by atoms with E-state index >= 15 is 0 Å². The fourth-order valence-electron chi connectivity index (χ4n) is 1.52. The van der Waals surface area contributed by atoms with Crippen LogP contribution in [-0.4, -0.2) is 4.98 Å². The standard InChI is InChI=1S/C11H13N3/c1-8-4-10-5-9(7-14-12)2-3-11(10)13-6-8/h2-6,14H,7,12H2,1H3. The molecular formula is C11H13N3. The molecule has 0 aliphatic heterocycles. The van der Waals surface area contributed by atoms with Gasteiger partial charge in [0.2, 0.25) is 0 Å². The number of nitrogens with two attached hydrogens (primary N) is 1. The Labute approximate surface area is 82.9 Å². The van der Waals surface area contributed by atoms with Crippen molar-refractivity contribution in [1.82, 2.24) is 10.4 Å². The Morgan fingerprint density at radius 3 is 3.00 bits per heavy atom. The van der Waals surface area contributed by atoms with E-state index in [1.807, 2.05) is 25.3 Å². The molecule has 14 heavy (non-hydrogen) atoms. The Bertz CT molecular complexity index is 451. The molecule has 0 atom stereocenters. The minimum atomic E-state index is 0.684. The van der Waals surface area contributed by atoms with Crippen LogP contribution in [0.15, 0.2) is 30.5 Å². The Morgan fingerprint density at radius 2 is 2.21 bits per heavy atom. The summed E-state index contributed by atoms with van der Waals surface area (Å²) in [7, 11) is 0. The number of nitrogens with one attached hydrogen (secondary N) is 1. The van der Waals surface area contributed by atoms with E-state index in [0.717, 1.165) is 10.9 Å². The lowest BCUT2D eigenvalue weighted by atomic mass is 10.1. The highest BCUT2D eigenvalue weighted by atomic mass is 15.2. The summed E-state index contributed by atoms with van der Waals surface area (Å²) >= 11 is 0. The molecule has 0 aliphatic rings. The van der Waals surface area contributed by atoms with Crippen LogP contribution in [0.2, 0.25) is 0 Å². The number of benzene rings is 1. The van der Waals surface area contributed by atoms with Crippen LogP contribution in [0.4, 0.5) is 0 Å². The van der Waals surface area contributed by atoms with E-state index in [2.05, 4.69) is 22.5 Å². The zero-order valence-corrected chi connectivity index (χ0v) is 8.12. The zero-order valence-electron chi connectivity index (χ0n) is 8.12. The summed E-state index contributed by atoms with van der Waals surface area (Å²) in [6, 6.07) is 8.28. The highest BCUT2D eigenvalue weighted by Gasteiger charge is 1.97. The zero-order chi connectivity index (χ0) is 9.97. The first-order valence-corrected chi connectivity index (χ1v) is 4.58. The van der Waals surface area contributed by atoms with Gasteiger partial charge in [-0.2, -0.15) is 0 Å². The Hall–Kier alpha value is -1.45. The van der Waals surface area contributed by atoms with Crippen molar-refractivity contribution < 1.29 is 0 Å². The predicted molar refractivity (Wildman–Crippen MR) is 57.5 cm³/mol. The smallest absolute Gasteiger partial charge is 0.0702 e. The first kappa shape index (κ1) is 9.12. The number of fused-ring (bicyclic) bond motifs is 1. The molecule has 0 unspecified atom stereocenters. The molecule has 0 saturated carbocycles. The molecule has 3 heteroatoms. The van der Waals surface area contributed by atoms with Crippen LogP contribution in [0, 0.1) is 6.92 Å². The number of aryl methyl sites for hydroxylation is 1. The van der Waals surface area contributed by atoms with Crippen molar-refractivity contribution in [3.8, 4) is 0 Å². The van der Waals surface area contributed by atoms with Crippen molar-refractivity contribution in [2.75, 3.05) is 0 Å². The van der Waals surface area contributed by atoms with Gasteiger partial charge >= 0.3 is 0 Å². The van der Waals surface area contributed by atoms with Gasteiger partial charge in [0.1, 0.15) is 0 Å². The second-order valence-corrected chi connectivity index (χ2v) is 3.42. The summed E-state index contributed by atoms with van der Waals surface area (Å²) in [5, 5.41) is 1.16. The second kappa shape index (κ2) is 3.74. The molecule has 3 N–H and O–H groups in total. The largest absolute Gasteiger partial charge is 0.271 e. The maximum atomic E-state index is 5.27. The second-order valence-electron chi connectivity index (χ2n) is 3.42. The minimum Gasteiger partial charge on any atom is -0.271 e. The number of pyridine rings is 1. The van der Waals surface area contributed by atoms with Gasteiger partial charge in [-0.3, -0.25) is 16.3 Å². The lowest BCUT2D eigenvalue weighted by Gasteiger charge is -2.02. The molecule has 0 aliphatic carbocycles. The number of nitrogens with zero attached hydrogens (tertiary/aromatic N) is 1. The van der Waals surface area contributed by atoms with Gasteiger partial charge in [0.05, 0.1) is 5.52 Å². The molecule has 0 saturated heterocycles. The molecule has 2 rings (SSSR count). The van der Waals surface area contributed by atoms with E-state index in [0.29, 0.717) is 6.54 Å². The quantitative estimate of drug-likeness (QED) is 0.553. The molecule has 0 fully saturated rings. The molecule has 3 nitrogen and oxygen atoms in total. The van der Waals surface area contributed by atoms with Crippen molar-refractivity contribution in [1.29, 1.82) is 0 Å². The molecule has 0 bridgehead atoms. The van der Waals surface area contributed by atoms with Gasteiger partial charge in [-0.15, -0.1) is 0 Å². The molecule has 1 aromatic heterocycles. The highest BCUT2D eigenvalue weighted by molar-refractivity contribution is 5.79. The SMILES string of the molecule is Cc1cnc2ccc(CNN)cc2c1. The van der Waals surface area contributed by atoms with E-state index in [9.17, 15) is 0 Å². The third-order valence-corrected chi connectivity index (χ3v) is 2.19. The van der Waals surface area contributed by atoms with Crippen LogP contribution in [0.1, 0.15) is 11.1 Å². The van der Waals surface area contributed by atoms with Gasteiger partial charge in [0.15, 0.2) is 0 Å². The fraction of sp³-hybridized carbons (Fsp3) is 0.182. The molecule has 72 valence electrons. The molecular weight excluding hydrogens is 174 g/mol. The summed E-state index contributed by atoms with van der Waals surface area (Å²) in [5.74, 6) is 5.27. The van der Waals surface area contributed by atoms with Gasteiger partial charge in [0.25, 0.3) is 0 Å². The normalized spacial score (nSPS) is 10.7. The molecule has 2 aromatic rings. The first-order chi connectivity index (χ1) is 6.79. The first-order valence-electron chi connectivity index (χ1n) is 4.58. The van der Waals surface area contributed by atoms with Gasteiger partial charge < -0.3 is 0 Å². The Balaban J connectivity index is 2.52.